The third-order valence-corrected chi connectivity index (χ3v) is 8.67. The number of para-hydroxylation sites is 1. The van der Waals surface area contributed by atoms with Gasteiger partial charge in [0.05, 0.1) is 34.1 Å². The average molecular weight is 605 g/mol. The molecule has 0 saturated carbocycles. The van der Waals surface area contributed by atoms with Crippen LogP contribution in [-0.2, 0) is 26.6 Å². The number of sulfonamides is 2. The summed E-state index contributed by atoms with van der Waals surface area (Å²) in [7, 11) is -7.48. The predicted molar refractivity (Wildman–Crippen MR) is 156 cm³/mol. The normalized spacial score (nSPS) is 11.6. The summed E-state index contributed by atoms with van der Waals surface area (Å²) in [5, 5.41) is 3.40. The molecule has 0 heterocycles. The van der Waals surface area contributed by atoms with E-state index in [-0.39, 0.29) is 22.2 Å². The molecule has 0 aliphatic rings. The molecule has 4 aromatic carbocycles. The molecule has 0 spiro atoms. The molecule has 12 heteroatoms. The van der Waals surface area contributed by atoms with Gasteiger partial charge in [0.2, 0.25) is 10.0 Å². The van der Waals surface area contributed by atoms with Crippen LogP contribution in [0.15, 0.2) is 102 Å². The molecule has 0 fully saturated rings. The zero-order chi connectivity index (χ0) is 28.2. The Morgan fingerprint density at radius 2 is 1.49 bits per heavy atom. The lowest BCUT2D eigenvalue weighted by atomic mass is 10.1. The standard InChI is InChI=1S/C27H23Cl2N3O5S2/c1-38(34,35)32(23-6-4-5-21(28)17-23)18-19-9-11-20(12-10-19)27(33)30-22-13-15-24(16-14-22)39(36,37)31-26-8-3-2-7-25(26)29/h2-17,31H,18H2,1H3,(H,30,33). The molecule has 202 valence electrons. The van der Waals surface area contributed by atoms with Crippen molar-refractivity contribution in [3.63, 3.8) is 0 Å². The van der Waals surface area contributed by atoms with Crippen LogP contribution in [0.2, 0.25) is 10.0 Å². The minimum absolute atomic E-state index is 0.0000872. The van der Waals surface area contributed by atoms with Crippen molar-refractivity contribution in [3.05, 3.63) is 118 Å². The Balaban J connectivity index is 1.43. The molecule has 0 aliphatic carbocycles. The number of rotatable bonds is 9. The van der Waals surface area contributed by atoms with Crippen LogP contribution in [0, 0.1) is 0 Å². The van der Waals surface area contributed by atoms with Crippen LogP contribution < -0.4 is 14.3 Å². The first-order chi connectivity index (χ1) is 18.4. The molecule has 8 nitrogen and oxygen atoms in total. The Kier molecular flexibility index (Phi) is 8.51. The Hall–Kier alpha value is -3.57. The maximum absolute atomic E-state index is 12.7. The maximum Gasteiger partial charge on any atom is 0.261 e. The molecular weight excluding hydrogens is 581 g/mol. The van der Waals surface area contributed by atoms with Gasteiger partial charge in [0.25, 0.3) is 15.9 Å². The van der Waals surface area contributed by atoms with E-state index >= 15 is 0 Å². The van der Waals surface area contributed by atoms with Gasteiger partial charge in [-0.3, -0.25) is 13.8 Å². The van der Waals surface area contributed by atoms with E-state index in [0.29, 0.717) is 27.5 Å². The van der Waals surface area contributed by atoms with E-state index in [1.54, 1.807) is 72.8 Å². The molecule has 1 amide bonds. The summed E-state index contributed by atoms with van der Waals surface area (Å²) in [5.41, 5.74) is 2.08. The zero-order valence-corrected chi connectivity index (χ0v) is 23.7. The van der Waals surface area contributed by atoms with Crippen LogP contribution in [0.1, 0.15) is 15.9 Å². The van der Waals surface area contributed by atoms with Gasteiger partial charge in [0.15, 0.2) is 0 Å². The Morgan fingerprint density at radius 3 is 2.10 bits per heavy atom. The topological polar surface area (TPSA) is 113 Å². The number of halogens is 2. The highest BCUT2D eigenvalue weighted by atomic mass is 35.5. The molecule has 0 atom stereocenters. The van der Waals surface area contributed by atoms with E-state index in [1.165, 1.54) is 28.6 Å². The predicted octanol–water partition coefficient (Wildman–Crippen LogP) is 6.01. The fraction of sp³-hybridized carbons (Fsp3) is 0.0741. The van der Waals surface area contributed by atoms with Crippen LogP contribution >= 0.6 is 23.2 Å². The molecule has 0 aliphatic heterocycles. The summed E-state index contributed by atoms with van der Waals surface area (Å²) in [4.78, 5) is 12.7. The van der Waals surface area contributed by atoms with Crippen molar-refractivity contribution in [2.24, 2.45) is 0 Å². The third-order valence-electron chi connectivity index (χ3n) is 5.58. The van der Waals surface area contributed by atoms with Crippen LogP contribution in [0.5, 0.6) is 0 Å². The summed E-state index contributed by atoms with van der Waals surface area (Å²) in [6.07, 6.45) is 1.11. The van der Waals surface area contributed by atoms with Gasteiger partial charge in [-0.2, -0.15) is 0 Å². The molecule has 0 radical (unpaired) electrons. The summed E-state index contributed by atoms with van der Waals surface area (Å²) in [5.74, 6) is -0.416. The van der Waals surface area contributed by atoms with Gasteiger partial charge in [-0.1, -0.05) is 53.5 Å². The maximum atomic E-state index is 12.7. The van der Waals surface area contributed by atoms with E-state index in [4.69, 9.17) is 23.2 Å². The smallest absolute Gasteiger partial charge is 0.261 e. The van der Waals surface area contributed by atoms with Gasteiger partial charge in [-0.15, -0.1) is 0 Å². The minimum Gasteiger partial charge on any atom is -0.322 e. The molecular formula is C27H23Cl2N3O5S2. The lowest BCUT2D eigenvalue weighted by Gasteiger charge is -2.22. The first-order valence-electron chi connectivity index (χ1n) is 11.4. The lowest BCUT2D eigenvalue weighted by molar-refractivity contribution is 0.102. The first-order valence-corrected chi connectivity index (χ1v) is 15.5. The molecule has 4 aromatic rings. The lowest BCUT2D eigenvalue weighted by Crippen LogP contribution is -2.29. The van der Waals surface area contributed by atoms with Gasteiger partial charge in [0, 0.05) is 16.3 Å². The van der Waals surface area contributed by atoms with Crippen molar-refractivity contribution in [2.45, 2.75) is 11.4 Å². The van der Waals surface area contributed by atoms with Crippen molar-refractivity contribution in [2.75, 3.05) is 20.6 Å². The Bertz CT molecular complexity index is 1710. The van der Waals surface area contributed by atoms with Crippen LogP contribution in [0.25, 0.3) is 0 Å². The molecule has 0 saturated heterocycles. The van der Waals surface area contributed by atoms with E-state index < -0.39 is 26.0 Å². The second kappa shape index (κ2) is 11.7. The second-order valence-corrected chi connectivity index (χ2v) is 12.9. The van der Waals surface area contributed by atoms with Gasteiger partial charge in [-0.05, 0) is 72.3 Å². The molecule has 0 bridgehead atoms. The fourth-order valence-electron chi connectivity index (χ4n) is 3.63. The van der Waals surface area contributed by atoms with E-state index in [1.807, 2.05) is 0 Å². The Morgan fingerprint density at radius 1 is 0.821 bits per heavy atom. The number of carbonyl (C=O) groups is 1. The number of carbonyl (C=O) groups excluding carboxylic acids is 1. The largest absolute Gasteiger partial charge is 0.322 e. The second-order valence-electron chi connectivity index (χ2n) is 8.51. The van der Waals surface area contributed by atoms with Crippen molar-refractivity contribution >= 4 is 66.2 Å². The molecule has 0 aromatic heterocycles. The summed E-state index contributed by atoms with van der Waals surface area (Å²) in [6.45, 7) is 0.0548. The van der Waals surface area contributed by atoms with Crippen LogP contribution in [-0.4, -0.2) is 29.0 Å². The van der Waals surface area contributed by atoms with Crippen molar-refractivity contribution in [1.82, 2.24) is 0 Å². The molecule has 0 unspecified atom stereocenters. The van der Waals surface area contributed by atoms with Crippen molar-refractivity contribution in [1.29, 1.82) is 0 Å². The number of nitrogens with zero attached hydrogens (tertiary/aromatic N) is 1. The molecule has 2 N–H and O–H groups in total. The zero-order valence-electron chi connectivity index (χ0n) is 20.5. The van der Waals surface area contributed by atoms with Crippen molar-refractivity contribution < 1.29 is 21.6 Å². The van der Waals surface area contributed by atoms with E-state index in [0.717, 1.165) is 6.26 Å². The minimum atomic E-state index is -3.88. The van der Waals surface area contributed by atoms with Gasteiger partial charge < -0.3 is 5.32 Å². The average Bonchev–Trinajstić information content (AvgIpc) is 2.88. The quantitative estimate of drug-likeness (QED) is 0.243. The van der Waals surface area contributed by atoms with Crippen molar-refractivity contribution in [3.8, 4) is 0 Å². The van der Waals surface area contributed by atoms with E-state index in [2.05, 4.69) is 10.0 Å². The highest BCUT2D eigenvalue weighted by Crippen LogP contribution is 2.26. The summed E-state index contributed by atoms with van der Waals surface area (Å²) < 4.78 is 53.8. The number of hydrogen-bond acceptors (Lipinski definition) is 5. The van der Waals surface area contributed by atoms with Gasteiger partial charge >= 0.3 is 0 Å². The highest BCUT2D eigenvalue weighted by Gasteiger charge is 2.19. The summed E-state index contributed by atoms with van der Waals surface area (Å²) in [6, 6.07) is 25.2. The Labute approximate surface area is 237 Å². The fourth-order valence-corrected chi connectivity index (χ4v) is 6.01. The van der Waals surface area contributed by atoms with E-state index in [9.17, 15) is 21.6 Å². The monoisotopic (exact) mass is 603 g/mol. The van der Waals surface area contributed by atoms with Crippen LogP contribution in [0.3, 0.4) is 0 Å². The van der Waals surface area contributed by atoms with Crippen LogP contribution in [0.4, 0.5) is 17.1 Å². The molecule has 4 rings (SSSR count). The third kappa shape index (κ3) is 7.30. The van der Waals surface area contributed by atoms with Gasteiger partial charge in [0.1, 0.15) is 0 Å². The number of hydrogen-bond donors (Lipinski definition) is 2. The molecule has 39 heavy (non-hydrogen) atoms. The SMILES string of the molecule is CS(=O)(=O)N(Cc1ccc(C(=O)Nc2ccc(S(=O)(=O)Nc3ccccc3Cl)cc2)cc1)c1cccc(Cl)c1. The number of nitrogens with one attached hydrogen (secondary N) is 2. The first kappa shape index (κ1) is 28.4. The van der Waals surface area contributed by atoms with Gasteiger partial charge in [-0.25, -0.2) is 16.8 Å². The number of amides is 1. The number of anilines is 3. The number of benzene rings is 4. The highest BCUT2D eigenvalue weighted by molar-refractivity contribution is 7.92. The summed E-state index contributed by atoms with van der Waals surface area (Å²) >= 11 is 12.1.